The van der Waals surface area contributed by atoms with Crippen molar-refractivity contribution in [2.75, 3.05) is 24.5 Å². The Balaban J connectivity index is 0.788. The maximum atomic E-state index is 13.3. The molecule has 1 aliphatic carbocycles. The number of ether oxygens (including phenoxy) is 1. The Morgan fingerprint density at radius 1 is 0.927 bits per heavy atom. The average Bonchev–Trinajstić information content (AvgIpc) is 3.68. The molecule has 5 aliphatic rings. The molecule has 1 saturated carbocycles. The molecule has 12 nitrogen and oxygen atoms in total. The Kier molecular flexibility index (Phi) is 10.1. The van der Waals surface area contributed by atoms with Crippen LogP contribution < -0.4 is 20.3 Å². The topological polar surface area (TPSA) is 133 Å². The van der Waals surface area contributed by atoms with Gasteiger partial charge >= 0.3 is 0 Å². The summed E-state index contributed by atoms with van der Waals surface area (Å²) in [6.07, 6.45) is 4.76. The van der Waals surface area contributed by atoms with Gasteiger partial charge in [-0.05, 0) is 110 Å². The number of halogens is 1. The molecule has 4 atom stereocenters. The number of hydrogen-bond donors (Lipinski definition) is 2. The first kappa shape index (κ1) is 36.7. The quantitative estimate of drug-likeness (QED) is 0.215. The maximum Gasteiger partial charge on any atom is 0.262 e. The lowest BCUT2D eigenvalue weighted by Gasteiger charge is -2.35. The average molecular weight is 763 g/mol. The summed E-state index contributed by atoms with van der Waals surface area (Å²) in [6, 6.07) is 15.8. The summed E-state index contributed by atoms with van der Waals surface area (Å²) >= 11 is 6.19. The number of rotatable bonds is 8. The van der Waals surface area contributed by atoms with Crippen LogP contribution in [0, 0.1) is 18.4 Å². The minimum atomic E-state index is -0.962. The van der Waals surface area contributed by atoms with Gasteiger partial charge in [0.15, 0.2) is 0 Å². The van der Waals surface area contributed by atoms with Crippen LogP contribution >= 0.6 is 11.6 Å². The van der Waals surface area contributed by atoms with E-state index in [0.29, 0.717) is 52.2 Å². The van der Waals surface area contributed by atoms with Gasteiger partial charge in [0.2, 0.25) is 17.5 Å². The van der Waals surface area contributed by atoms with Crippen molar-refractivity contribution in [3.8, 4) is 5.75 Å². The van der Waals surface area contributed by atoms with Gasteiger partial charge in [0.25, 0.3) is 17.7 Å². The van der Waals surface area contributed by atoms with Crippen molar-refractivity contribution in [1.29, 1.82) is 0 Å². The molecule has 3 fully saturated rings. The highest BCUT2D eigenvalue weighted by atomic mass is 35.5. The molecule has 5 amide bonds. The minimum Gasteiger partial charge on any atom is -0.490 e. The van der Waals surface area contributed by atoms with E-state index in [2.05, 4.69) is 32.2 Å². The number of nitrogens with one attached hydrogen (secondary N) is 2. The molecule has 1 unspecified atom stereocenters. The van der Waals surface area contributed by atoms with Gasteiger partial charge in [0.05, 0.1) is 22.7 Å². The summed E-state index contributed by atoms with van der Waals surface area (Å²) in [6.45, 7) is 13.5. The van der Waals surface area contributed by atoms with Gasteiger partial charge < -0.3 is 15.0 Å². The molecule has 3 aromatic rings. The number of fused-ring (bicyclic) bond motifs is 2. The van der Waals surface area contributed by atoms with Gasteiger partial charge in [-0.3, -0.25) is 39.1 Å². The monoisotopic (exact) mass is 762 g/mol. The molecule has 2 saturated heterocycles. The highest BCUT2D eigenvalue weighted by Gasteiger charge is 2.45. The van der Waals surface area contributed by atoms with Gasteiger partial charge in [0.1, 0.15) is 17.9 Å². The number of carbonyl (C=O) groups is 5. The van der Waals surface area contributed by atoms with Crippen molar-refractivity contribution in [1.82, 2.24) is 20.4 Å². The Bertz CT molecular complexity index is 2060. The molecule has 55 heavy (non-hydrogen) atoms. The zero-order chi connectivity index (χ0) is 38.4. The minimum absolute atomic E-state index is 0.0134. The zero-order valence-electron chi connectivity index (χ0n) is 30.7. The van der Waals surface area contributed by atoms with Crippen LogP contribution in [-0.4, -0.2) is 77.2 Å². The summed E-state index contributed by atoms with van der Waals surface area (Å²) in [5.41, 5.74) is 4.90. The van der Waals surface area contributed by atoms with Crippen LogP contribution in [0.2, 0.25) is 5.02 Å². The number of benzene rings is 3. The number of hydrogen-bond acceptors (Lipinski definition) is 8. The first-order valence-electron chi connectivity index (χ1n) is 19.1. The van der Waals surface area contributed by atoms with Crippen LogP contribution in [0.5, 0.6) is 5.75 Å². The molecule has 13 heteroatoms. The predicted octanol–water partition coefficient (Wildman–Crippen LogP) is 5.89. The third-order valence-corrected chi connectivity index (χ3v) is 12.2. The van der Waals surface area contributed by atoms with E-state index < -0.39 is 23.8 Å². The fourth-order valence-electron chi connectivity index (χ4n) is 8.90. The largest absolute Gasteiger partial charge is 0.490 e. The Labute approximate surface area is 324 Å². The molecule has 0 radical (unpaired) electrons. The van der Waals surface area contributed by atoms with Crippen molar-refractivity contribution in [3.63, 3.8) is 0 Å². The lowest BCUT2D eigenvalue weighted by atomic mass is 9.84. The summed E-state index contributed by atoms with van der Waals surface area (Å²) in [5.74, 6) is -0.585. The number of anilines is 1. The summed E-state index contributed by atoms with van der Waals surface area (Å²) in [4.78, 5) is 73.0. The van der Waals surface area contributed by atoms with Crippen LogP contribution in [0.1, 0.15) is 94.1 Å². The van der Waals surface area contributed by atoms with E-state index in [9.17, 15) is 24.0 Å². The van der Waals surface area contributed by atoms with Crippen molar-refractivity contribution in [2.45, 2.75) is 83.1 Å². The standard InChI is InChI=1S/C42H43ClN6O6/c1-24-17-29(5-11-37(24)55-31-8-9-35(44-2)34(43)20-31)45-39(51)26-3-6-30(7-4-26)48-15-13-25(14-16-48)21-47-22-27-18-32-33(19-28(27)23-47)42(54)49(41(32)53)36-10-12-38(50)46-40(36)52/h3-4,6-9,18-20,24-25,29,36-37H,5,10-17,21-23H2,1H3,(H,45,51)(H,46,50,52)/t24-,29-,36?,37-/m0/s1. The molecule has 0 spiro atoms. The van der Waals surface area contributed by atoms with E-state index in [1.54, 1.807) is 18.2 Å². The predicted molar refractivity (Wildman–Crippen MR) is 205 cm³/mol. The number of amides is 5. The summed E-state index contributed by atoms with van der Waals surface area (Å²) in [5, 5.41) is 5.86. The number of piperidine rings is 2. The van der Waals surface area contributed by atoms with Crippen LogP contribution in [0.3, 0.4) is 0 Å². The van der Waals surface area contributed by atoms with Gasteiger partial charge in [-0.1, -0.05) is 24.6 Å². The zero-order valence-corrected chi connectivity index (χ0v) is 31.4. The van der Waals surface area contributed by atoms with E-state index in [1.807, 2.05) is 36.4 Å². The van der Waals surface area contributed by atoms with E-state index in [-0.39, 0.29) is 42.7 Å². The highest BCUT2D eigenvalue weighted by molar-refractivity contribution is 6.33. The van der Waals surface area contributed by atoms with Crippen molar-refractivity contribution < 1.29 is 28.7 Å². The first-order valence-corrected chi connectivity index (χ1v) is 19.5. The van der Waals surface area contributed by atoms with Gasteiger partial charge in [-0.2, -0.15) is 0 Å². The van der Waals surface area contributed by atoms with Gasteiger partial charge in [-0.25, -0.2) is 4.85 Å². The SMILES string of the molecule is [C-]#[N+]c1ccc(O[C@H]2CC[C@H](NC(=O)c3ccc(N4CCC(CN5Cc6cc7c(cc6C5)C(=O)N(C5CCC(=O)NC5=O)C7=O)CC4)cc3)C[C@@H]2C)cc1Cl. The first-order chi connectivity index (χ1) is 26.5. The third-order valence-electron chi connectivity index (χ3n) is 11.9. The second-order valence-corrected chi connectivity index (χ2v) is 16.0. The number of nitrogens with zero attached hydrogens (tertiary/aromatic N) is 4. The molecular formula is C42H43ClN6O6. The van der Waals surface area contributed by atoms with Gasteiger partial charge in [0, 0.05) is 56.4 Å². The van der Waals surface area contributed by atoms with E-state index in [1.165, 1.54) is 0 Å². The van der Waals surface area contributed by atoms with E-state index in [4.69, 9.17) is 22.9 Å². The van der Waals surface area contributed by atoms with Crippen LogP contribution in [-0.2, 0) is 22.7 Å². The fourth-order valence-corrected chi connectivity index (χ4v) is 9.11. The number of imide groups is 2. The van der Waals surface area contributed by atoms with Gasteiger partial charge in [-0.15, -0.1) is 0 Å². The fraction of sp³-hybridized carbons (Fsp3) is 0.429. The third kappa shape index (κ3) is 7.43. The molecule has 284 valence electrons. The molecule has 3 aromatic carbocycles. The van der Waals surface area contributed by atoms with Crippen LogP contribution in [0.25, 0.3) is 4.85 Å². The summed E-state index contributed by atoms with van der Waals surface area (Å²) < 4.78 is 6.21. The van der Waals surface area contributed by atoms with Crippen molar-refractivity contribution >= 4 is 52.5 Å². The van der Waals surface area contributed by atoms with Crippen molar-refractivity contribution in [3.05, 3.63) is 98.9 Å². The van der Waals surface area contributed by atoms with Crippen LogP contribution in [0.15, 0.2) is 54.6 Å². The molecule has 4 aliphatic heterocycles. The lowest BCUT2D eigenvalue weighted by molar-refractivity contribution is -0.136. The summed E-state index contributed by atoms with van der Waals surface area (Å²) in [7, 11) is 0. The molecular weight excluding hydrogens is 720 g/mol. The Morgan fingerprint density at radius 3 is 2.24 bits per heavy atom. The van der Waals surface area contributed by atoms with Crippen molar-refractivity contribution in [2.24, 2.45) is 11.8 Å². The highest BCUT2D eigenvalue weighted by Crippen LogP contribution is 2.36. The normalized spacial score (nSPS) is 24.3. The molecule has 4 heterocycles. The second-order valence-electron chi connectivity index (χ2n) is 15.6. The Hall–Kier alpha value is -5.25. The second kappa shape index (κ2) is 15.1. The lowest BCUT2D eigenvalue weighted by Crippen LogP contribution is -2.54. The molecule has 2 N–H and O–H groups in total. The maximum absolute atomic E-state index is 13.3. The molecule has 0 aromatic heterocycles. The van der Waals surface area contributed by atoms with Crippen LogP contribution in [0.4, 0.5) is 11.4 Å². The molecule has 0 bridgehead atoms. The number of carbonyl (C=O) groups excluding carboxylic acids is 5. The molecule has 8 rings (SSSR count). The van der Waals surface area contributed by atoms with E-state index >= 15 is 0 Å². The Morgan fingerprint density at radius 2 is 1.62 bits per heavy atom. The smallest absolute Gasteiger partial charge is 0.262 e. The van der Waals surface area contributed by atoms with E-state index in [0.717, 1.165) is 73.5 Å².